The Balaban J connectivity index is 1.86. The van der Waals surface area contributed by atoms with Crippen molar-refractivity contribution >= 4 is 26.7 Å². The quantitative estimate of drug-likeness (QED) is 0.605. The highest BCUT2D eigenvalue weighted by atomic mass is 32.2. The van der Waals surface area contributed by atoms with E-state index in [2.05, 4.69) is 39.3 Å². The van der Waals surface area contributed by atoms with Crippen molar-refractivity contribution in [3.05, 3.63) is 46.9 Å². The van der Waals surface area contributed by atoms with E-state index in [0.717, 1.165) is 22.3 Å². The van der Waals surface area contributed by atoms with Crippen LogP contribution < -0.4 is 4.90 Å². The van der Waals surface area contributed by atoms with Gasteiger partial charge in [-0.2, -0.15) is 0 Å². The standard InChI is InChI=1S/C23H30N4O4S/c1-13(2)22-20-9-16-8-17(12-28)21(32(5,30)31)10-19(16)26(20)6-7-27(22)23-24-11-18(15(4)29)14(3)25-23/h8-11,13,15,22,28-29H,6-7,12H2,1-5H3/t15-,22+/m1/s1. The summed E-state index contributed by atoms with van der Waals surface area (Å²) in [6, 6.07) is 5.53. The second kappa shape index (κ2) is 8.13. The van der Waals surface area contributed by atoms with E-state index in [9.17, 15) is 18.6 Å². The fourth-order valence-corrected chi connectivity index (χ4v) is 5.69. The van der Waals surface area contributed by atoms with Gasteiger partial charge in [0.25, 0.3) is 0 Å². The van der Waals surface area contributed by atoms with Gasteiger partial charge < -0.3 is 19.7 Å². The van der Waals surface area contributed by atoms with Crippen molar-refractivity contribution in [1.82, 2.24) is 14.5 Å². The molecule has 32 heavy (non-hydrogen) atoms. The molecular weight excluding hydrogens is 428 g/mol. The summed E-state index contributed by atoms with van der Waals surface area (Å²) in [5.74, 6) is 0.861. The molecule has 2 N–H and O–H groups in total. The lowest BCUT2D eigenvalue weighted by Crippen LogP contribution is -2.41. The van der Waals surface area contributed by atoms with E-state index in [1.165, 1.54) is 6.26 Å². The summed E-state index contributed by atoms with van der Waals surface area (Å²) in [6.45, 7) is 8.86. The van der Waals surface area contributed by atoms with E-state index in [-0.39, 0.29) is 23.5 Å². The molecule has 0 radical (unpaired) electrons. The number of benzene rings is 1. The summed E-state index contributed by atoms with van der Waals surface area (Å²) < 4.78 is 26.8. The first kappa shape index (κ1) is 22.7. The van der Waals surface area contributed by atoms with Crippen LogP contribution in [0.4, 0.5) is 5.95 Å². The van der Waals surface area contributed by atoms with E-state index in [1.807, 2.05) is 6.92 Å². The van der Waals surface area contributed by atoms with Crippen LogP contribution in [0.3, 0.4) is 0 Å². The second-order valence-corrected chi connectivity index (χ2v) is 10.9. The third kappa shape index (κ3) is 3.78. The van der Waals surface area contributed by atoms with Gasteiger partial charge >= 0.3 is 0 Å². The number of sulfone groups is 1. The summed E-state index contributed by atoms with van der Waals surface area (Å²) in [5, 5.41) is 20.6. The average molecular weight is 459 g/mol. The molecule has 3 aromatic rings. The van der Waals surface area contributed by atoms with Gasteiger partial charge in [0.1, 0.15) is 0 Å². The summed E-state index contributed by atoms with van der Waals surface area (Å²) in [6.07, 6.45) is 2.23. The van der Waals surface area contributed by atoms with Gasteiger partial charge in [-0.05, 0) is 43.5 Å². The molecule has 1 aliphatic heterocycles. The Morgan fingerprint density at radius 2 is 1.91 bits per heavy atom. The zero-order chi connectivity index (χ0) is 23.4. The minimum atomic E-state index is -3.47. The van der Waals surface area contributed by atoms with Gasteiger partial charge in [-0.3, -0.25) is 0 Å². The molecule has 0 saturated heterocycles. The molecule has 4 rings (SSSR count). The first-order valence-electron chi connectivity index (χ1n) is 10.8. The molecule has 2 atom stereocenters. The fraction of sp³-hybridized carbons (Fsp3) is 0.478. The van der Waals surface area contributed by atoms with Crippen molar-refractivity contribution in [1.29, 1.82) is 0 Å². The molecular formula is C23H30N4O4S. The van der Waals surface area contributed by atoms with Crippen molar-refractivity contribution in [2.24, 2.45) is 5.92 Å². The lowest BCUT2D eigenvalue weighted by atomic mass is 9.97. The highest BCUT2D eigenvalue weighted by Crippen LogP contribution is 2.39. The lowest BCUT2D eigenvalue weighted by Gasteiger charge is -2.39. The number of rotatable bonds is 5. The zero-order valence-electron chi connectivity index (χ0n) is 19.1. The largest absolute Gasteiger partial charge is 0.392 e. The maximum atomic E-state index is 12.3. The minimum Gasteiger partial charge on any atom is -0.392 e. The number of nitrogens with zero attached hydrogens (tertiary/aromatic N) is 4. The first-order valence-corrected chi connectivity index (χ1v) is 12.7. The molecule has 8 nitrogen and oxygen atoms in total. The van der Waals surface area contributed by atoms with Gasteiger partial charge in [-0.25, -0.2) is 18.4 Å². The van der Waals surface area contributed by atoms with Gasteiger partial charge in [-0.1, -0.05) is 13.8 Å². The molecule has 1 aliphatic rings. The minimum absolute atomic E-state index is 0.00721. The van der Waals surface area contributed by atoms with Crippen LogP contribution in [-0.2, 0) is 23.0 Å². The molecule has 0 amide bonds. The van der Waals surface area contributed by atoms with Crippen LogP contribution in [0, 0.1) is 12.8 Å². The second-order valence-electron chi connectivity index (χ2n) is 8.94. The molecule has 172 valence electrons. The van der Waals surface area contributed by atoms with Gasteiger partial charge in [-0.15, -0.1) is 0 Å². The lowest BCUT2D eigenvalue weighted by molar-refractivity contribution is 0.197. The number of aliphatic hydroxyl groups is 2. The fourth-order valence-electron chi connectivity index (χ4n) is 4.77. The third-order valence-electron chi connectivity index (χ3n) is 6.23. The molecule has 9 heteroatoms. The van der Waals surface area contributed by atoms with E-state index in [4.69, 9.17) is 0 Å². The van der Waals surface area contributed by atoms with Crippen molar-refractivity contribution < 1.29 is 18.6 Å². The SMILES string of the molecule is Cc1nc(N2CCn3c(cc4cc(CO)c(S(C)(=O)=O)cc43)[C@@H]2C(C)C)ncc1[C@@H](C)O. The van der Waals surface area contributed by atoms with Crippen LogP contribution in [-0.4, -0.2) is 46.0 Å². The highest BCUT2D eigenvalue weighted by molar-refractivity contribution is 7.90. The van der Waals surface area contributed by atoms with Crippen LogP contribution in [0.2, 0.25) is 0 Å². The summed E-state index contributed by atoms with van der Waals surface area (Å²) in [7, 11) is -3.47. The first-order chi connectivity index (χ1) is 15.0. The molecule has 0 unspecified atom stereocenters. The van der Waals surface area contributed by atoms with E-state index in [1.54, 1.807) is 25.3 Å². The Kier molecular flexibility index (Phi) is 5.77. The maximum Gasteiger partial charge on any atom is 0.226 e. The molecule has 0 aliphatic carbocycles. The van der Waals surface area contributed by atoms with Gasteiger partial charge in [0.15, 0.2) is 9.84 Å². The van der Waals surface area contributed by atoms with Crippen molar-refractivity contribution in [2.45, 2.75) is 57.9 Å². The topological polar surface area (TPSA) is 109 Å². The van der Waals surface area contributed by atoms with Crippen LogP contribution >= 0.6 is 0 Å². The van der Waals surface area contributed by atoms with Crippen molar-refractivity contribution in [3.63, 3.8) is 0 Å². The van der Waals surface area contributed by atoms with Crippen LogP contribution in [0.15, 0.2) is 29.3 Å². The van der Waals surface area contributed by atoms with Gasteiger partial charge in [0.05, 0.1) is 23.6 Å². The molecule has 0 bridgehead atoms. The number of aryl methyl sites for hydroxylation is 1. The third-order valence-corrected chi connectivity index (χ3v) is 7.41. The number of aromatic nitrogens is 3. The predicted molar refractivity (Wildman–Crippen MR) is 123 cm³/mol. The zero-order valence-corrected chi connectivity index (χ0v) is 19.9. The predicted octanol–water partition coefficient (Wildman–Crippen LogP) is 2.91. The van der Waals surface area contributed by atoms with E-state index in [0.29, 0.717) is 30.2 Å². The molecule has 0 fully saturated rings. The van der Waals surface area contributed by atoms with Crippen molar-refractivity contribution in [2.75, 3.05) is 17.7 Å². The highest BCUT2D eigenvalue weighted by Gasteiger charge is 2.33. The summed E-state index contributed by atoms with van der Waals surface area (Å²) in [5.41, 5.74) is 3.80. The van der Waals surface area contributed by atoms with Crippen LogP contribution in [0.1, 0.15) is 55.4 Å². The number of anilines is 1. The van der Waals surface area contributed by atoms with Gasteiger partial charge in [0.2, 0.25) is 5.95 Å². The monoisotopic (exact) mass is 458 g/mol. The number of aliphatic hydroxyl groups excluding tert-OH is 2. The Labute approximate surface area is 188 Å². The number of hydrogen-bond donors (Lipinski definition) is 2. The Morgan fingerprint density at radius 1 is 1.19 bits per heavy atom. The van der Waals surface area contributed by atoms with Gasteiger partial charge in [0, 0.05) is 53.4 Å². The summed E-state index contributed by atoms with van der Waals surface area (Å²) >= 11 is 0. The molecule has 2 aromatic heterocycles. The normalized spacial score (nSPS) is 17.8. The Bertz CT molecular complexity index is 1280. The smallest absolute Gasteiger partial charge is 0.226 e. The summed E-state index contributed by atoms with van der Waals surface area (Å²) in [4.78, 5) is 11.6. The molecule has 3 heterocycles. The molecule has 0 spiro atoms. The number of fused-ring (bicyclic) bond motifs is 3. The maximum absolute atomic E-state index is 12.3. The number of hydrogen-bond acceptors (Lipinski definition) is 7. The Hall–Kier alpha value is -2.49. The van der Waals surface area contributed by atoms with Crippen LogP contribution in [0.25, 0.3) is 10.9 Å². The van der Waals surface area contributed by atoms with E-state index >= 15 is 0 Å². The van der Waals surface area contributed by atoms with E-state index < -0.39 is 15.9 Å². The Morgan fingerprint density at radius 3 is 2.47 bits per heavy atom. The molecule has 1 aromatic carbocycles. The van der Waals surface area contributed by atoms with Crippen molar-refractivity contribution in [3.8, 4) is 0 Å². The average Bonchev–Trinajstić information content (AvgIpc) is 3.08. The van der Waals surface area contributed by atoms with Crippen LogP contribution in [0.5, 0.6) is 0 Å². The molecule has 0 saturated carbocycles.